The Labute approximate surface area is 151 Å². The van der Waals surface area contributed by atoms with E-state index in [1.54, 1.807) is 20.8 Å². The Morgan fingerprint density at radius 3 is 2.28 bits per heavy atom. The number of nitrogens with one attached hydrogen (secondary N) is 1. The van der Waals surface area contributed by atoms with Gasteiger partial charge in [0.15, 0.2) is 0 Å². The molecule has 144 valence electrons. The first-order chi connectivity index (χ1) is 11.5. The SMILES string of the molecule is C=CCN1C[C@H](C)NC[C@H]1C.CC1(C)[C@H](C(=O)O)CC[C@]1(C)C(=O)O. The summed E-state index contributed by atoms with van der Waals surface area (Å²) in [5.41, 5.74) is -1.61. The molecular formula is C19H34N2O4. The quantitative estimate of drug-likeness (QED) is 0.672. The van der Waals surface area contributed by atoms with Crippen molar-refractivity contribution in [2.75, 3.05) is 19.6 Å². The molecule has 1 heterocycles. The third-order valence-corrected chi connectivity index (χ3v) is 6.25. The molecule has 0 aromatic carbocycles. The molecule has 0 aromatic heterocycles. The standard InChI is InChI=1S/C10H16O4.C9H18N2/c1-9(2)6(7(11)12)4-5-10(9,3)8(13)14;1-4-5-11-7-8(2)10-6-9(11)3/h6H,4-5H2,1-3H3,(H,11,12)(H,13,14);4,8-10H,1,5-7H2,2-3H3/t6-,10+;8-,9+/m00/s1. The Morgan fingerprint density at radius 2 is 1.88 bits per heavy atom. The van der Waals surface area contributed by atoms with E-state index in [4.69, 9.17) is 10.2 Å². The summed E-state index contributed by atoms with van der Waals surface area (Å²) in [5, 5.41) is 21.5. The van der Waals surface area contributed by atoms with Crippen LogP contribution in [0.3, 0.4) is 0 Å². The molecule has 0 aromatic rings. The van der Waals surface area contributed by atoms with Crippen LogP contribution in [0.15, 0.2) is 12.7 Å². The van der Waals surface area contributed by atoms with Crippen molar-refractivity contribution in [3.63, 3.8) is 0 Å². The van der Waals surface area contributed by atoms with Gasteiger partial charge in [-0.15, -0.1) is 6.58 Å². The summed E-state index contributed by atoms with van der Waals surface area (Å²) in [4.78, 5) is 24.5. The molecule has 1 saturated carbocycles. The zero-order chi connectivity index (χ0) is 19.4. The lowest BCUT2D eigenvalue weighted by molar-refractivity contribution is -0.157. The van der Waals surface area contributed by atoms with Crippen molar-refractivity contribution >= 4 is 11.9 Å². The number of carbonyl (C=O) groups is 2. The van der Waals surface area contributed by atoms with E-state index in [9.17, 15) is 9.59 Å². The van der Waals surface area contributed by atoms with Crippen LogP contribution in [0.1, 0.15) is 47.5 Å². The molecule has 0 radical (unpaired) electrons. The number of carboxylic acid groups (broad SMARTS) is 2. The van der Waals surface area contributed by atoms with Gasteiger partial charge in [0, 0.05) is 31.7 Å². The average Bonchev–Trinajstić information content (AvgIpc) is 2.75. The number of piperazine rings is 1. The maximum atomic E-state index is 11.1. The molecule has 6 nitrogen and oxygen atoms in total. The molecule has 25 heavy (non-hydrogen) atoms. The summed E-state index contributed by atoms with van der Waals surface area (Å²) in [6.07, 6.45) is 2.87. The first-order valence-corrected chi connectivity index (χ1v) is 9.02. The third kappa shape index (κ3) is 4.61. The zero-order valence-corrected chi connectivity index (χ0v) is 16.2. The fraction of sp³-hybridized carbons (Fsp3) is 0.789. The van der Waals surface area contributed by atoms with Crippen molar-refractivity contribution in [2.45, 2.75) is 59.5 Å². The Bertz CT molecular complexity index is 506. The van der Waals surface area contributed by atoms with Crippen LogP contribution >= 0.6 is 0 Å². The Balaban J connectivity index is 0.000000257. The molecular weight excluding hydrogens is 320 g/mol. The van der Waals surface area contributed by atoms with Gasteiger partial charge in [0.05, 0.1) is 11.3 Å². The fourth-order valence-electron chi connectivity index (χ4n) is 3.83. The normalized spacial score (nSPS) is 34.7. The lowest BCUT2D eigenvalue weighted by Gasteiger charge is -2.36. The van der Waals surface area contributed by atoms with Crippen LogP contribution in [-0.2, 0) is 9.59 Å². The third-order valence-electron chi connectivity index (χ3n) is 6.25. The van der Waals surface area contributed by atoms with Crippen LogP contribution in [0.5, 0.6) is 0 Å². The van der Waals surface area contributed by atoms with Crippen LogP contribution in [0.25, 0.3) is 0 Å². The Hall–Kier alpha value is -1.40. The van der Waals surface area contributed by atoms with E-state index < -0.39 is 28.7 Å². The first kappa shape index (κ1) is 21.6. The molecule has 3 N–H and O–H groups in total. The molecule has 2 rings (SSSR count). The minimum absolute atomic E-state index is 0.437. The summed E-state index contributed by atoms with van der Waals surface area (Å²) in [6.45, 7) is 16.6. The predicted molar refractivity (Wildman–Crippen MR) is 98.6 cm³/mol. The molecule has 0 amide bonds. The van der Waals surface area contributed by atoms with Gasteiger partial charge in [0.1, 0.15) is 0 Å². The second-order valence-electron chi connectivity index (χ2n) is 8.19. The van der Waals surface area contributed by atoms with Crippen molar-refractivity contribution in [3.05, 3.63) is 12.7 Å². The van der Waals surface area contributed by atoms with Gasteiger partial charge >= 0.3 is 11.9 Å². The highest BCUT2D eigenvalue weighted by atomic mass is 16.4. The van der Waals surface area contributed by atoms with Gasteiger partial charge in [-0.3, -0.25) is 14.5 Å². The Morgan fingerprint density at radius 1 is 1.28 bits per heavy atom. The number of rotatable bonds is 4. The van der Waals surface area contributed by atoms with Crippen molar-refractivity contribution < 1.29 is 19.8 Å². The van der Waals surface area contributed by atoms with E-state index in [1.165, 1.54) is 0 Å². The van der Waals surface area contributed by atoms with E-state index in [0.717, 1.165) is 19.6 Å². The minimum Gasteiger partial charge on any atom is -0.481 e. The zero-order valence-electron chi connectivity index (χ0n) is 16.2. The van der Waals surface area contributed by atoms with E-state index in [1.807, 2.05) is 6.08 Å². The monoisotopic (exact) mass is 354 g/mol. The molecule has 0 unspecified atom stereocenters. The minimum atomic E-state index is -0.921. The molecule has 2 aliphatic rings. The maximum absolute atomic E-state index is 11.1. The molecule has 1 aliphatic heterocycles. The smallest absolute Gasteiger partial charge is 0.309 e. The van der Waals surface area contributed by atoms with Gasteiger partial charge < -0.3 is 15.5 Å². The fourth-order valence-corrected chi connectivity index (χ4v) is 3.83. The van der Waals surface area contributed by atoms with Crippen LogP contribution in [0.2, 0.25) is 0 Å². The van der Waals surface area contributed by atoms with Crippen LogP contribution in [0, 0.1) is 16.7 Å². The lowest BCUT2D eigenvalue weighted by Crippen LogP contribution is -2.54. The van der Waals surface area contributed by atoms with Gasteiger partial charge in [-0.05, 0) is 39.0 Å². The molecule has 0 spiro atoms. The predicted octanol–water partition coefficient (Wildman–Crippen LogP) is 2.45. The molecule has 4 atom stereocenters. The van der Waals surface area contributed by atoms with Crippen LogP contribution in [-0.4, -0.2) is 58.8 Å². The molecule has 6 heteroatoms. The molecule has 1 aliphatic carbocycles. The highest BCUT2D eigenvalue weighted by Gasteiger charge is 2.58. The van der Waals surface area contributed by atoms with Crippen LogP contribution in [0.4, 0.5) is 0 Å². The number of aliphatic carboxylic acids is 2. The van der Waals surface area contributed by atoms with Gasteiger partial charge in [0.25, 0.3) is 0 Å². The van der Waals surface area contributed by atoms with E-state index in [2.05, 4.69) is 30.6 Å². The van der Waals surface area contributed by atoms with Crippen LogP contribution < -0.4 is 5.32 Å². The highest BCUT2D eigenvalue weighted by molar-refractivity contribution is 5.80. The topological polar surface area (TPSA) is 89.9 Å². The summed E-state index contributed by atoms with van der Waals surface area (Å²) < 4.78 is 0. The average molecular weight is 354 g/mol. The summed E-state index contributed by atoms with van der Waals surface area (Å²) in [7, 11) is 0. The lowest BCUT2D eigenvalue weighted by atomic mass is 9.66. The van der Waals surface area contributed by atoms with Gasteiger partial charge in [0.2, 0.25) is 0 Å². The van der Waals surface area contributed by atoms with E-state index in [-0.39, 0.29) is 0 Å². The first-order valence-electron chi connectivity index (χ1n) is 9.02. The molecule has 1 saturated heterocycles. The van der Waals surface area contributed by atoms with Gasteiger partial charge in [-0.25, -0.2) is 0 Å². The molecule has 0 bridgehead atoms. The van der Waals surface area contributed by atoms with Crippen molar-refractivity contribution in [1.82, 2.24) is 10.2 Å². The number of carboxylic acids is 2. The molecule has 2 fully saturated rings. The van der Waals surface area contributed by atoms with Crippen molar-refractivity contribution in [1.29, 1.82) is 0 Å². The number of nitrogens with zero attached hydrogens (tertiary/aromatic N) is 1. The Kier molecular flexibility index (Phi) is 7.20. The van der Waals surface area contributed by atoms with Gasteiger partial charge in [-0.1, -0.05) is 19.9 Å². The highest BCUT2D eigenvalue weighted by Crippen LogP contribution is 2.56. The number of hydrogen-bond acceptors (Lipinski definition) is 4. The maximum Gasteiger partial charge on any atom is 0.309 e. The van der Waals surface area contributed by atoms with Gasteiger partial charge in [-0.2, -0.15) is 0 Å². The second-order valence-corrected chi connectivity index (χ2v) is 8.19. The summed E-state index contributed by atoms with van der Waals surface area (Å²) >= 11 is 0. The van der Waals surface area contributed by atoms with Crippen molar-refractivity contribution in [2.24, 2.45) is 16.7 Å². The second kappa shape index (κ2) is 8.32. The largest absolute Gasteiger partial charge is 0.481 e. The van der Waals surface area contributed by atoms with Crippen molar-refractivity contribution in [3.8, 4) is 0 Å². The summed E-state index contributed by atoms with van der Waals surface area (Å²) in [5.74, 6) is -2.34. The van der Waals surface area contributed by atoms with E-state index >= 15 is 0 Å². The summed E-state index contributed by atoms with van der Waals surface area (Å²) in [6, 6.07) is 1.29. The number of hydrogen-bond donors (Lipinski definition) is 3. The van der Waals surface area contributed by atoms with E-state index in [0.29, 0.717) is 24.9 Å².